The van der Waals surface area contributed by atoms with Crippen molar-refractivity contribution in [1.82, 2.24) is 15.2 Å². The maximum atomic E-state index is 14.0. The number of hydrogen-bond acceptors (Lipinski definition) is 7. The van der Waals surface area contributed by atoms with Gasteiger partial charge in [0.25, 0.3) is 5.91 Å². The maximum Gasteiger partial charge on any atom is 0.416 e. The van der Waals surface area contributed by atoms with Crippen LogP contribution in [0.3, 0.4) is 0 Å². The van der Waals surface area contributed by atoms with Gasteiger partial charge in [0.2, 0.25) is 11.7 Å². The van der Waals surface area contributed by atoms with Crippen LogP contribution in [0.2, 0.25) is 0 Å². The van der Waals surface area contributed by atoms with Crippen molar-refractivity contribution in [2.45, 2.75) is 24.1 Å². The Labute approximate surface area is 227 Å². The van der Waals surface area contributed by atoms with Crippen molar-refractivity contribution in [3.63, 3.8) is 0 Å². The molecule has 8 nitrogen and oxygen atoms in total. The Morgan fingerprint density at radius 3 is 2.26 bits per heavy atom. The van der Waals surface area contributed by atoms with Crippen LogP contribution in [0.4, 0.5) is 13.2 Å². The van der Waals surface area contributed by atoms with Crippen LogP contribution in [0, 0.1) is 0 Å². The molecule has 3 aromatic rings. The summed E-state index contributed by atoms with van der Waals surface area (Å²) in [6, 6.07) is 10.2. The molecule has 2 heterocycles. The summed E-state index contributed by atoms with van der Waals surface area (Å²) in [7, 11) is 4.26. The zero-order chi connectivity index (χ0) is 28.2. The molecule has 1 aromatic heterocycles. The molecule has 4 rings (SSSR count). The predicted molar refractivity (Wildman–Crippen MR) is 139 cm³/mol. The maximum absolute atomic E-state index is 14.0. The summed E-state index contributed by atoms with van der Waals surface area (Å²) in [5.74, 6) is 0.0943. The third-order valence-corrected chi connectivity index (χ3v) is 7.49. The molecule has 1 aliphatic rings. The average Bonchev–Trinajstić information content (AvgIpc) is 3.40. The van der Waals surface area contributed by atoms with E-state index in [0.717, 1.165) is 17.7 Å². The van der Waals surface area contributed by atoms with E-state index in [1.165, 1.54) is 62.3 Å². The lowest BCUT2D eigenvalue weighted by atomic mass is 10.1. The number of carbonyl (C=O) groups excluding carboxylic acids is 2. The molecule has 2 atom stereocenters. The van der Waals surface area contributed by atoms with Crippen LogP contribution in [-0.4, -0.2) is 54.8 Å². The minimum Gasteiger partial charge on any atom is -0.493 e. The third kappa shape index (κ3) is 6.06. The second-order valence-corrected chi connectivity index (χ2v) is 9.64. The number of halogens is 3. The van der Waals surface area contributed by atoms with Crippen molar-refractivity contribution in [3.8, 4) is 17.2 Å². The van der Waals surface area contributed by atoms with Crippen molar-refractivity contribution in [2.75, 3.05) is 27.1 Å². The molecule has 1 aliphatic heterocycles. The zero-order valence-corrected chi connectivity index (χ0v) is 22.1. The molecule has 1 N–H and O–H groups in total. The normalized spacial score (nSPS) is 17.0. The molecule has 39 heavy (non-hydrogen) atoms. The molecule has 0 saturated carbocycles. The highest BCUT2D eigenvalue weighted by Crippen LogP contribution is 2.45. The van der Waals surface area contributed by atoms with E-state index in [1.807, 2.05) is 0 Å². The first-order valence-corrected chi connectivity index (χ1v) is 12.8. The van der Waals surface area contributed by atoms with Gasteiger partial charge in [-0.05, 0) is 41.5 Å². The molecular weight excluding hydrogens is 535 g/mol. The van der Waals surface area contributed by atoms with Crippen molar-refractivity contribution in [2.24, 2.45) is 0 Å². The van der Waals surface area contributed by atoms with Gasteiger partial charge in [-0.25, -0.2) is 0 Å². The number of nitrogens with zero attached hydrogens (tertiary/aromatic N) is 2. The second-order valence-electron chi connectivity index (χ2n) is 8.53. The second kappa shape index (κ2) is 11.9. The molecular formula is C27H26F3N3O5S. The summed E-state index contributed by atoms with van der Waals surface area (Å²) in [4.78, 5) is 32.7. The van der Waals surface area contributed by atoms with Crippen molar-refractivity contribution in [1.29, 1.82) is 0 Å². The lowest BCUT2D eigenvalue weighted by Gasteiger charge is -2.29. The first kappa shape index (κ1) is 28.1. The molecule has 2 aromatic carbocycles. The molecule has 0 bridgehead atoms. The van der Waals surface area contributed by atoms with Crippen LogP contribution in [0.15, 0.2) is 60.9 Å². The van der Waals surface area contributed by atoms with Gasteiger partial charge in [-0.1, -0.05) is 18.2 Å². The van der Waals surface area contributed by atoms with Crippen LogP contribution in [0.1, 0.15) is 32.4 Å². The monoisotopic (exact) mass is 561 g/mol. The number of aromatic nitrogens is 1. The fraction of sp³-hybridized carbons (Fsp3) is 0.296. The van der Waals surface area contributed by atoms with Crippen LogP contribution in [-0.2, 0) is 17.5 Å². The van der Waals surface area contributed by atoms with Crippen molar-refractivity contribution < 1.29 is 37.0 Å². The average molecular weight is 562 g/mol. The van der Waals surface area contributed by atoms with E-state index in [0.29, 0.717) is 5.56 Å². The summed E-state index contributed by atoms with van der Waals surface area (Å²) >= 11 is 1.29. The van der Waals surface area contributed by atoms with Crippen LogP contribution < -0.4 is 19.5 Å². The Hall–Kier alpha value is -3.93. The molecule has 2 unspecified atom stereocenters. The lowest BCUT2D eigenvalue weighted by Crippen LogP contribution is -2.47. The van der Waals surface area contributed by atoms with E-state index in [2.05, 4.69) is 10.3 Å². The van der Waals surface area contributed by atoms with Gasteiger partial charge in [0.1, 0.15) is 11.4 Å². The van der Waals surface area contributed by atoms with Crippen LogP contribution in [0.5, 0.6) is 17.2 Å². The van der Waals surface area contributed by atoms with E-state index in [1.54, 1.807) is 24.5 Å². The third-order valence-electron chi connectivity index (χ3n) is 6.16. The molecule has 206 valence electrons. The highest BCUT2D eigenvalue weighted by molar-refractivity contribution is 7.99. The first-order chi connectivity index (χ1) is 18.7. The van der Waals surface area contributed by atoms with Gasteiger partial charge in [-0.15, -0.1) is 11.8 Å². The number of pyridine rings is 1. The van der Waals surface area contributed by atoms with E-state index in [-0.39, 0.29) is 35.1 Å². The number of nitrogens with one attached hydrogen (secondary N) is 1. The van der Waals surface area contributed by atoms with E-state index in [4.69, 9.17) is 14.2 Å². The van der Waals surface area contributed by atoms with Gasteiger partial charge in [-0.3, -0.25) is 14.6 Å². The Morgan fingerprint density at radius 1 is 1.05 bits per heavy atom. The Balaban J connectivity index is 1.70. The Morgan fingerprint density at radius 2 is 1.72 bits per heavy atom. The summed E-state index contributed by atoms with van der Waals surface area (Å²) in [6.45, 7) is 0.199. The largest absolute Gasteiger partial charge is 0.493 e. The number of methoxy groups -OCH3 is 3. The predicted octanol–water partition coefficient (Wildman–Crippen LogP) is 4.70. The zero-order valence-electron chi connectivity index (χ0n) is 21.3. The van der Waals surface area contributed by atoms with Gasteiger partial charge in [0.05, 0.1) is 26.9 Å². The summed E-state index contributed by atoms with van der Waals surface area (Å²) in [5.41, 5.74) is 0.589. The van der Waals surface area contributed by atoms with Gasteiger partial charge >= 0.3 is 6.18 Å². The van der Waals surface area contributed by atoms with Crippen molar-refractivity contribution in [3.05, 3.63) is 83.2 Å². The SMILES string of the molecule is COc1cc(C(=O)N2C(C(=O)NCc3cccnc3)CSC2c2ccc(C(F)(F)F)cc2)cc(OC)c1OC. The van der Waals surface area contributed by atoms with Crippen molar-refractivity contribution >= 4 is 23.6 Å². The van der Waals surface area contributed by atoms with Gasteiger partial charge < -0.3 is 24.4 Å². The molecule has 2 amide bonds. The van der Waals surface area contributed by atoms with Crippen LogP contribution in [0.25, 0.3) is 0 Å². The van der Waals surface area contributed by atoms with Gasteiger partial charge in [0.15, 0.2) is 11.5 Å². The molecule has 1 fully saturated rings. The highest BCUT2D eigenvalue weighted by atomic mass is 32.2. The summed E-state index contributed by atoms with van der Waals surface area (Å²) < 4.78 is 55.6. The highest BCUT2D eigenvalue weighted by Gasteiger charge is 2.43. The number of hydrogen-bond donors (Lipinski definition) is 1. The molecule has 0 aliphatic carbocycles. The number of ether oxygens (including phenoxy) is 3. The smallest absolute Gasteiger partial charge is 0.416 e. The standard InChI is InChI=1S/C27H26F3N3O5S/c1-36-21-11-18(12-22(37-2)23(21)38-3)25(35)33-20(24(34)32-14-16-5-4-10-31-13-16)15-39-26(33)17-6-8-19(9-7-17)27(28,29)30/h4-13,20,26H,14-15H2,1-3H3,(H,32,34). The number of rotatable bonds is 8. The van der Waals surface area contributed by atoms with E-state index < -0.39 is 35.0 Å². The fourth-order valence-electron chi connectivity index (χ4n) is 4.21. The summed E-state index contributed by atoms with van der Waals surface area (Å²) in [5, 5.41) is 2.12. The lowest BCUT2D eigenvalue weighted by molar-refractivity contribution is -0.137. The van der Waals surface area contributed by atoms with Crippen LogP contribution >= 0.6 is 11.8 Å². The molecule has 1 saturated heterocycles. The molecule has 0 spiro atoms. The fourth-order valence-corrected chi connectivity index (χ4v) is 5.64. The quantitative estimate of drug-likeness (QED) is 0.427. The van der Waals surface area contributed by atoms with E-state index >= 15 is 0 Å². The number of amides is 2. The molecule has 12 heteroatoms. The first-order valence-electron chi connectivity index (χ1n) is 11.8. The minimum absolute atomic E-state index is 0.161. The van der Waals surface area contributed by atoms with Gasteiger partial charge in [0, 0.05) is 30.3 Å². The Bertz CT molecular complexity index is 1300. The topological polar surface area (TPSA) is 90.0 Å². The number of thioether (sulfide) groups is 1. The van der Waals surface area contributed by atoms with E-state index in [9.17, 15) is 22.8 Å². The number of carbonyl (C=O) groups is 2. The minimum atomic E-state index is -4.50. The number of alkyl halides is 3. The molecule has 0 radical (unpaired) electrons. The summed E-state index contributed by atoms with van der Waals surface area (Å²) in [6.07, 6.45) is -1.26. The van der Waals surface area contributed by atoms with Gasteiger partial charge in [-0.2, -0.15) is 13.2 Å². The Kier molecular flexibility index (Phi) is 8.54. The number of benzene rings is 2.